The van der Waals surface area contributed by atoms with Crippen LogP contribution in [0.3, 0.4) is 0 Å². The van der Waals surface area contributed by atoms with Crippen LogP contribution in [0.1, 0.15) is 19.3 Å². The lowest BCUT2D eigenvalue weighted by molar-refractivity contribution is 0.437. The van der Waals surface area contributed by atoms with Gasteiger partial charge in [0, 0.05) is 12.6 Å². The van der Waals surface area contributed by atoms with Crippen molar-refractivity contribution < 1.29 is 0 Å². The van der Waals surface area contributed by atoms with E-state index in [0.717, 1.165) is 12.5 Å². The van der Waals surface area contributed by atoms with Crippen molar-refractivity contribution in [2.75, 3.05) is 6.54 Å². The maximum absolute atomic E-state index is 5.53. The summed E-state index contributed by atoms with van der Waals surface area (Å²) in [6.07, 6.45) is 3.94. The van der Waals surface area contributed by atoms with E-state index in [9.17, 15) is 0 Å². The molecule has 1 fully saturated rings. The van der Waals surface area contributed by atoms with Gasteiger partial charge in [-0.15, -0.1) is 0 Å². The molecule has 2 atom stereocenters. The Morgan fingerprint density at radius 1 is 1.50 bits per heavy atom. The van der Waals surface area contributed by atoms with Crippen molar-refractivity contribution >= 4 is 5.96 Å². The van der Waals surface area contributed by atoms with E-state index in [4.69, 9.17) is 5.73 Å². The standard InChI is InChI=1S/C7H13N3/c8-7-9-4-5-2-1-3-6(5)10-7/h5-6H,1-4H2,(H3,8,9,10)/t5-,6-/m0/s1. The molecule has 0 spiro atoms. The zero-order chi connectivity index (χ0) is 6.97. The smallest absolute Gasteiger partial charge is 0.188 e. The van der Waals surface area contributed by atoms with Crippen LogP contribution >= 0.6 is 0 Å². The molecule has 3 heteroatoms. The third-order valence-corrected chi connectivity index (χ3v) is 2.49. The van der Waals surface area contributed by atoms with Crippen molar-refractivity contribution in [3.8, 4) is 0 Å². The second-order valence-electron chi connectivity index (χ2n) is 3.17. The van der Waals surface area contributed by atoms with E-state index in [2.05, 4.69) is 10.3 Å². The first-order chi connectivity index (χ1) is 4.86. The van der Waals surface area contributed by atoms with Crippen molar-refractivity contribution in [3.05, 3.63) is 0 Å². The Labute approximate surface area is 60.7 Å². The molecule has 0 aromatic carbocycles. The van der Waals surface area contributed by atoms with Gasteiger partial charge in [-0.3, -0.25) is 4.99 Å². The Kier molecular flexibility index (Phi) is 1.29. The topological polar surface area (TPSA) is 50.4 Å². The Hall–Kier alpha value is -0.730. The van der Waals surface area contributed by atoms with Crippen LogP contribution in [0, 0.1) is 5.92 Å². The molecule has 2 rings (SSSR count). The highest BCUT2D eigenvalue weighted by molar-refractivity contribution is 5.78. The average molecular weight is 139 g/mol. The molecule has 1 aliphatic heterocycles. The highest BCUT2D eigenvalue weighted by Gasteiger charge is 2.29. The van der Waals surface area contributed by atoms with Gasteiger partial charge in [0.05, 0.1) is 0 Å². The summed E-state index contributed by atoms with van der Waals surface area (Å²) in [7, 11) is 0. The highest BCUT2D eigenvalue weighted by Crippen LogP contribution is 2.27. The Morgan fingerprint density at radius 2 is 2.40 bits per heavy atom. The SMILES string of the molecule is NC1=NC[C@@H]2CCC[C@@H]2N1. The molecule has 0 saturated heterocycles. The Balaban J connectivity index is 2.08. The molecule has 1 heterocycles. The lowest BCUT2D eigenvalue weighted by atomic mass is 10.0. The van der Waals surface area contributed by atoms with Crippen molar-refractivity contribution in [1.29, 1.82) is 0 Å². The van der Waals surface area contributed by atoms with Gasteiger partial charge < -0.3 is 11.1 Å². The maximum atomic E-state index is 5.53. The number of nitrogens with zero attached hydrogens (tertiary/aromatic N) is 1. The van der Waals surface area contributed by atoms with Crippen LogP contribution in [0.25, 0.3) is 0 Å². The van der Waals surface area contributed by atoms with E-state index in [1.807, 2.05) is 0 Å². The number of rotatable bonds is 0. The predicted molar refractivity (Wildman–Crippen MR) is 40.8 cm³/mol. The molecule has 0 unspecified atom stereocenters. The van der Waals surface area contributed by atoms with Gasteiger partial charge in [-0.1, -0.05) is 6.42 Å². The fourth-order valence-electron chi connectivity index (χ4n) is 1.90. The van der Waals surface area contributed by atoms with E-state index in [1.54, 1.807) is 0 Å². The first-order valence-corrected chi connectivity index (χ1v) is 3.93. The van der Waals surface area contributed by atoms with Crippen LogP contribution in [-0.4, -0.2) is 18.5 Å². The first kappa shape index (κ1) is 6.01. The minimum absolute atomic E-state index is 0.637. The second kappa shape index (κ2) is 2.15. The Bertz CT molecular complexity index is 164. The third-order valence-electron chi connectivity index (χ3n) is 2.49. The summed E-state index contributed by atoms with van der Waals surface area (Å²) in [5.74, 6) is 1.41. The molecule has 56 valence electrons. The fourth-order valence-corrected chi connectivity index (χ4v) is 1.90. The van der Waals surface area contributed by atoms with Crippen LogP contribution in [0.4, 0.5) is 0 Å². The van der Waals surface area contributed by atoms with Gasteiger partial charge in [0.1, 0.15) is 0 Å². The van der Waals surface area contributed by atoms with E-state index >= 15 is 0 Å². The molecule has 0 amide bonds. The van der Waals surface area contributed by atoms with Crippen LogP contribution in [0.2, 0.25) is 0 Å². The van der Waals surface area contributed by atoms with Crippen LogP contribution < -0.4 is 11.1 Å². The minimum Gasteiger partial charge on any atom is -0.370 e. The summed E-state index contributed by atoms with van der Waals surface area (Å²) in [5.41, 5.74) is 5.53. The first-order valence-electron chi connectivity index (χ1n) is 3.93. The third kappa shape index (κ3) is 0.856. The van der Waals surface area contributed by atoms with Gasteiger partial charge >= 0.3 is 0 Å². The van der Waals surface area contributed by atoms with Gasteiger partial charge in [-0.2, -0.15) is 0 Å². The van der Waals surface area contributed by atoms with Crippen LogP contribution in [-0.2, 0) is 0 Å². The molecule has 10 heavy (non-hydrogen) atoms. The summed E-state index contributed by atoms with van der Waals surface area (Å²) in [4.78, 5) is 4.16. The molecule has 0 bridgehead atoms. The number of nitrogens with one attached hydrogen (secondary N) is 1. The van der Waals surface area contributed by atoms with Gasteiger partial charge in [0.25, 0.3) is 0 Å². The summed E-state index contributed by atoms with van der Waals surface area (Å²) >= 11 is 0. The number of fused-ring (bicyclic) bond motifs is 1. The van der Waals surface area contributed by atoms with Crippen molar-refractivity contribution in [1.82, 2.24) is 5.32 Å². The van der Waals surface area contributed by atoms with E-state index in [0.29, 0.717) is 12.0 Å². The summed E-state index contributed by atoms with van der Waals surface area (Å²) in [5, 5.41) is 3.21. The largest absolute Gasteiger partial charge is 0.370 e. The second-order valence-corrected chi connectivity index (χ2v) is 3.17. The number of nitrogens with two attached hydrogens (primary N) is 1. The quantitative estimate of drug-likeness (QED) is 0.499. The van der Waals surface area contributed by atoms with Crippen LogP contribution in [0.5, 0.6) is 0 Å². The molecule has 0 aromatic heterocycles. The van der Waals surface area contributed by atoms with E-state index < -0.39 is 0 Å². The van der Waals surface area contributed by atoms with Crippen molar-refractivity contribution in [3.63, 3.8) is 0 Å². The fraction of sp³-hybridized carbons (Fsp3) is 0.857. The summed E-state index contributed by atoms with van der Waals surface area (Å²) in [6, 6.07) is 0.637. The normalized spacial score (nSPS) is 38.2. The molecule has 0 radical (unpaired) electrons. The number of hydrogen-bond donors (Lipinski definition) is 2. The number of aliphatic imine (C=N–C) groups is 1. The average Bonchev–Trinajstić information content (AvgIpc) is 2.33. The van der Waals surface area contributed by atoms with E-state index in [1.165, 1.54) is 19.3 Å². The van der Waals surface area contributed by atoms with Gasteiger partial charge in [-0.05, 0) is 18.8 Å². The van der Waals surface area contributed by atoms with Crippen molar-refractivity contribution in [2.45, 2.75) is 25.3 Å². The maximum Gasteiger partial charge on any atom is 0.188 e. The number of guanidine groups is 1. The van der Waals surface area contributed by atoms with Crippen LogP contribution in [0.15, 0.2) is 4.99 Å². The van der Waals surface area contributed by atoms with Gasteiger partial charge in [0.15, 0.2) is 5.96 Å². The molecule has 3 nitrogen and oxygen atoms in total. The van der Waals surface area contributed by atoms with E-state index in [-0.39, 0.29) is 0 Å². The summed E-state index contributed by atoms with van der Waals surface area (Å²) in [6.45, 7) is 0.948. The lowest BCUT2D eigenvalue weighted by Crippen LogP contribution is -2.46. The molecule has 1 saturated carbocycles. The highest BCUT2D eigenvalue weighted by atomic mass is 15.1. The monoisotopic (exact) mass is 139 g/mol. The predicted octanol–water partition coefficient (Wildman–Crippen LogP) is 0.0730. The molecular formula is C7H13N3. The molecule has 2 aliphatic rings. The van der Waals surface area contributed by atoms with Gasteiger partial charge in [-0.25, -0.2) is 0 Å². The molecule has 3 N–H and O–H groups in total. The minimum atomic E-state index is 0.637. The zero-order valence-electron chi connectivity index (χ0n) is 6.01. The molecule has 1 aliphatic carbocycles. The Morgan fingerprint density at radius 3 is 3.30 bits per heavy atom. The van der Waals surface area contributed by atoms with Crippen molar-refractivity contribution in [2.24, 2.45) is 16.6 Å². The zero-order valence-corrected chi connectivity index (χ0v) is 6.01. The number of hydrogen-bond acceptors (Lipinski definition) is 3. The molecule has 0 aromatic rings. The van der Waals surface area contributed by atoms with Gasteiger partial charge in [0.2, 0.25) is 0 Å². The summed E-state index contributed by atoms with van der Waals surface area (Å²) < 4.78 is 0. The lowest BCUT2D eigenvalue weighted by Gasteiger charge is -2.24. The molecular weight excluding hydrogens is 126 g/mol.